The fraction of sp³-hybridized carbons (Fsp3) is 0.154. The van der Waals surface area contributed by atoms with E-state index in [9.17, 15) is 14.4 Å². The van der Waals surface area contributed by atoms with E-state index in [1.165, 1.54) is 6.08 Å². The molecule has 20 heavy (non-hydrogen) atoms. The van der Waals surface area contributed by atoms with E-state index in [1.54, 1.807) is 24.3 Å². The van der Waals surface area contributed by atoms with E-state index in [0.717, 1.165) is 4.57 Å². The maximum absolute atomic E-state index is 11.7. The summed E-state index contributed by atoms with van der Waals surface area (Å²) in [4.78, 5) is 34.6. The van der Waals surface area contributed by atoms with Gasteiger partial charge in [-0.15, -0.1) is 6.58 Å². The Labute approximate surface area is 113 Å². The summed E-state index contributed by atoms with van der Waals surface area (Å²) in [6.45, 7) is 3.38. The van der Waals surface area contributed by atoms with Crippen molar-refractivity contribution in [1.82, 2.24) is 15.2 Å². The number of urea groups is 1. The van der Waals surface area contributed by atoms with Crippen LogP contribution in [0.4, 0.5) is 4.79 Å². The highest BCUT2D eigenvalue weighted by molar-refractivity contribution is 5.94. The number of nitrogens with zero attached hydrogens (tertiary/aromatic N) is 1. The molecule has 2 aromatic rings. The van der Waals surface area contributed by atoms with E-state index in [1.807, 2.05) is 0 Å². The second-order valence-corrected chi connectivity index (χ2v) is 3.97. The molecule has 1 heterocycles. The van der Waals surface area contributed by atoms with Crippen LogP contribution in [0.5, 0.6) is 0 Å². The molecule has 7 nitrogen and oxygen atoms in total. The fourth-order valence-electron chi connectivity index (χ4n) is 1.68. The molecule has 0 aliphatic heterocycles. The van der Waals surface area contributed by atoms with Gasteiger partial charge in [0, 0.05) is 6.54 Å². The van der Waals surface area contributed by atoms with Crippen molar-refractivity contribution < 1.29 is 14.0 Å². The molecule has 0 fully saturated rings. The number of oxazole rings is 1. The molecule has 1 aromatic heterocycles. The van der Waals surface area contributed by atoms with Gasteiger partial charge in [0.25, 0.3) is 0 Å². The first-order chi connectivity index (χ1) is 9.61. The number of carbonyl (C=O) groups excluding carboxylic acids is 2. The molecule has 1 aromatic carbocycles. The van der Waals surface area contributed by atoms with Crippen molar-refractivity contribution in [3.8, 4) is 0 Å². The normalized spacial score (nSPS) is 10.2. The van der Waals surface area contributed by atoms with Crippen molar-refractivity contribution >= 4 is 23.0 Å². The van der Waals surface area contributed by atoms with Crippen LogP contribution in [0, 0.1) is 0 Å². The molecule has 0 aliphatic rings. The summed E-state index contributed by atoms with van der Waals surface area (Å²) >= 11 is 0. The van der Waals surface area contributed by atoms with Gasteiger partial charge < -0.3 is 9.73 Å². The van der Waals surface area contributed by atoms with Crippen LogP contribution in [-0.2, 0) is 11.3 Å². The van der Waals surface area contributed by atoms with Gasteiger partial charge in [0.05, 0.1) is 5.52 Å². The number of para-hydroxylation sites is 2. The molecule has 2 rings (SSSR count). The van der Waals surface area contributed by atoms with Crippen molar-refractivity contribution in [3.63, 3.8) is 0 Å². The van der Waals surface area contributed by atoms with Crippen LogP contribution in [-0.4, -0.2) is 23.1 Å². The predicted octanol–water partition coefficient (Wildman–Crippen LogP) is 0.606. The van der Waals surface area contributed by atoms with Crippen LogP contribution in [0.1, 0.15) is 0 Å². The monoisotopic (exact) mass is 275 g/mol. The zero-order valence-electron chi connectivity index (χ0n) is 10.6. The molecular formula is C13H13N3O4. The number of aromatic nitrogens is 1. The number of carbonyl (C=O) groups is 2. The van der Waals surface area contributed by atoms with Crippen LogP contribution in [0.2, 0.25) is 0 Å². The van der Waals surface area contributed by atoms with Crippen molar-refractivity contribution in [2.75, 3.05) is 6.54 Å². The smallest absolute Gasteiger partial charge is 0.408 e. The van der Waals surface area contributed by atoms with Gasteiger partial charge in [-0.1, -0.05) is 18.2 Å². The third-order valence-corrected chi connectivity index (χ3v) is 2.54. The van der Waals surface area contributed by atoms with Gasteiger partial charge in [-0.3, -0.25) is 14.7 Å². The molecule has 0 radical (unpaired) electrons. The van der Waals surface area contributed by atoms with Crippen LogP contribution < -0.4 is 16.4 Å². The summed E-state index contributed by atoms with van der Waals surface area (Å²) in [7, 11) is 0. The van der Waals surface area contributed by atoms with E-state index in [4.69, 9.17) is 4.42 Å². The van der Waals surface area contributed by atoms with Crippen LogP contribution in [0.3, 0.4) is 0 Å². The molecule has 0 saturated heterocycles. The van der Waals surface area contributed by atoms with Gasteiger partial charge in [-0.05, 0) is 12.1 Å². The highest BCUT2D eigenvalue weighted by atomic mass is 16.4. The Bertz CT molecular complexity index is 714. The van der Waals surface area contributed by atoms with Gasteiger partial charge in [0.15, 0.2) is 5.58 Å². The summed E-state index contributed by atoms with van der Waals surface area (Å²) in [5, 5.41) is 4.50. The third kappa shape index (κ3) is 2.94. The summed E-state index contributed by atoms with van der Waals surface area (Å²) in [6, 6.07) is 6.09. The molecule has 3 amide bonds. The molecule has 0 unspecified atom stereocenters. The maximum Gasteiger partial charge on any atom is 0.420 e. The number of hydrogen-bond donors (Lipinski definition) is 2. The molecule has 0 saturated carbocycles. The minimum atomic E-state index is -0.646. The van der Waals surface area contributed by atoms with Gasteiger partial charge in [-0.2, -0.15) is 0 Å². The van der Waals surface area contributed by atoms with Gasteiger partial charge in [0.2, 0.25) is 5.91 Å². The van der Waals surface area contributed by atoms with Gasteiger partial charge in [0.1, 0.15) is 6.54 Å². The highest BCUT2D eigenvalue weighted by Crippen LogP contribution is 2.11. The number of imide groups is 1. The first kappa shape index (κ1) is 13.6. The SMILES string of the molecule is C=CCNC(=O)NC(=O)Cn1c(=O)oc2ccccc21. The molecule has 0 spiro atoms. The predicted molar refractivity (Wildman–Crippen MR) is 72.2 cm³/mol. The Kier molecular flexibility index (Phi) is 3.99. The zero-order valence-corrected chi connectivity index (χ0v) is 10.6. The number of fused-ring (bicyclic) bond motifs is 1. The lowest BCUT2D eigenvalue weighted by Crippen LogP contribution is -2.41. The zero-order chi connectivity index (χ0) is 14.5. The van der Waals surface area contributed by atoms with Crippen LogP contribution >= 0.6 is 0 Å². The summed E-state index contributed by atoms with van der Waals surface area (Å²) in [5.41, 5.74) is 0.889. The number of hydrogen-bond acceptors (Lipinski definition) is 4. The molecule has 0 bridgehead atoms. The Hall–Kier alpha value is -2.83. The summed E-state index contributed by atoms with van der Waals surface area (Å²) < 4.78 is 6.14. The molecular weight excluding hydrogens is 262 g/mol. The molecule has 0 atom stereocenters. The lowest BCUT2D eigenvalue weighted by Gasteiger charge is -2.05. The second-order valence-electron chi connectivity index (χ2n) is 3.97. The van der Waals surface area contributed by atoms with Crippen molar-refractivity contribution in [1.29, 1.82) is 0 Å². The number of nitrogens with one attached hydrogen (secondary N) is 2. The largest absolute Gasteiger partial charge is 0.420 e. The topological polar surface area (TPSA) is 93.3 Å². The summed E-state index contributed by atoms with van der Waals surface area (Å²) in [5.74, 6) is -1.26. The Balaban J connectivity index is 2.10. The number of amides is 3. The van der Waals surface area contributed by atoms with Crippen molar-refractivity contribution in [2.24, 2.45) is 0 Å². The maximum atomic E-state index is 11.7. The highest BCUT2D eigenvalue weighted by Gasteiger charge is 2.13. The van der Waals surface area contributed by atoms with E-state index >= 15 is 0 Å². The molecule has 104 valence electrons. The molecule has 0 aliphatic carbocycles. The lowest BCUT2D eigenvalue weighted by atomic mass is 10.3. The second kappa shape index (κ2) is 5.87. The third-order valence-electron chi connectivity index (χ3n) is 2.54. The van der Waals surface area contributed by atoms with E-state index < -0.39 is 17.7 Å². The van der Waals surface area contributed by atoms with E-state index in [-0.39, 0.29) is 13.1 Å². The van der Waals surface area contributed by atoms with Crippen molar-refractivity contribution in [2.45, 2.75) is 6.54 Å². The lowest BCUT2D eigenvalue weighted by molar-refractivity contribution is -0.120. The van der Waals surface area contributed by atoms with Gasteiger partial charge >= 0.3 is 11.8 Å². The minimum absolute atomic E-state index is 0.244. The fourth-order valence-corrected chi connectivity index (χ4v) is 1.68. The molecule has 2 N–H and O–H groups in total. The van der Waals surface area contributed by atoms with E-state index in [0.29, 0.717) is 11.1 Å². The summed E-state index contributed by atoms with van der Waals surface area (Å²) in [6.07, 6.45) is 1.48. The molecule has 7 heteroatoms. The minimum Gasteiger partial charge on any atom is -0.408 e. The Morgan fingerprint density at radius 3 is 2.85 bits per heavy atom. The first-order valence-electron chi connectivity index (χ1n) is 5.89. The number of benzene rings is 1. The Morgan fingerprint density at radius 2 is 2.10 bits per heavy atom. The average molecular weight is 275 g/mol. The van der Waals surface area contributed by atoms with Crippen molar-refractivity contribution in [3.05, 3.63) is 47.5 Å². The average Bonchev–Trinajstić information content (AvgIpc) is 2.73. The Morgan fingerprint density at radius 1 is 1.35 bits per heavy atom. The van der Waals surface area contributed by atoms with Crippen LogP contribution in [0.15, 0.2) is 46.1 Å². The number of rotatable bonds is 4. The standard InChI is InChI=1S/C13H13N3O4/c1-2-7-14-12(18)15-11(17)8-16-9-5-3-4-6-10(9)20-13(16)19/h2-6H,1,7-8H2,(H2,14,15,17,18). The quantitative estimate of drug-likeness (QED) is 0.799. The van der Waals surface area contributed by atoms with E-state index in [2.05, 4.69) is 17.2 Å². The van der Waals surface area contributed by atoms with Gasteiger partial charge in [-0.25, -0.2) is 9.59 Å². The first-order valence-corrected chi connectivity index (χ1v) is 5.89. The van der Waals surface area contributed by atoms with Crippen LogP contribution in [0.25, 0.3) is 11.1 Å².